The summed E-state index contributed by atoms with van der Waals surface area (Å²) in [5.41, 5.74) is 27.2. The maximum absolute atomic E-state index is 12.8. The number of aryl methyl sites for hydroxylation is 1. The number of nitrogens with one attached hydrogen (secondary N) is 16. The van der Waals surface area contributed by atoms with Crippen LogP contribution in [-0.4, -0.2) is 106 Å². The van der Waals surface area contributed by atoms with E-state index in [4.69, 9.17) is 85.5 Å². The number of rotatable bonds is 7. The number of pyridine rings is 1. The molecule has 0 saturated carbocycles. The zero-order chi connectivity index (χ0) is 97.4. The number of Topliss-reactive ketones (excluding diaryl/α,β-unsaturated/α-hetero) is 7. The Balaban J connectivity index is 0.0000000949. The Morgan fingerprint density at radius 2 is 0.648 bits per heavy atom. The van der Waals surface area contributed by atoms with Gasteiger partial charge in [-0.3, -0.25) is 38.5 Å². The van der Waals surface area contributed by atoms with Gasteiger partial charge in [0.2, 0.25) is 0 Å². The predicted molar refractivity (Wildman–Crippen MR) is 575 cm³/mol. The second-order valence-corrected chi connectivity index (χ2v) is 39.3. The summed E-state index contributed by atoms with van der Waals surface area (Å²) in [6, 6.07) is 69.4. The highest BCUT2D eigenvalue weighted by Gasteiger charge is 2.47. The van der Waals surface area contributed by atoms with Gasteiger partial charge in [0.05, 0.1) is 127 Å². The van der Waals surface area contributed by atoms with Gasteiger partial charge in [0.25, 0.3) is 0 Å². The number of aromatic amines is 2. The summed E-state index contributed by atoms with van der Waals surface area (Å²) in [4.78, 5) is 108. The van der Waals surface area contributed by atoms with Crippen molar-refractivity contribution in [1.29, 1.82) is 0 Å². The number of hydrogen-bond donors (Lipinski definition) is 16. The van der Waals surface area contributed by atoms with Gasteiger partial charge in [-0.2, -0.15) is 11.3 Å². The van der Waals surface area contributed by atoms with Crippen molar-refractivity contribution in [3.8, 4) is 0 Å². The summed E-state index contributed by atoms with van der Waals surface area (Å²) < 4.78 is 2.01. The van der Waals surface area contributed by atoms with E-state index in [1.807, 2.05) is 270 Å². The Kier molecular flexibility index (Phi) is 24.5. The largest absolute Gasteiger partial charge is 0.363 e. The van der Waals surface area contributed by atoms with E-state index in [0.29, 0.717) is 58.1 Å². The smallest absolute Gasteiger partial charge is 0.194 e. The van der Waals surface area contributed by atoms with E-state index in [1.54, 1.807) is 53.8 Å². The van der Waals surface area contributed by atoms with E-state index >= 15 is 0 Å². The molecule has 0 bridgehead atoms. The summed E-state index contributed by atoms with van der Waals surface area (Å²) in [5, 5.41) is 56.7. The van der Waals surface area contributed by atoms with Crippen LogP contribution in [0.5, 0.6) is 0 Å². The average molecular weight is 2050 g/mol. The number of nitrogens with zero attached hydrogens (tertiary/aromatic N) is 4. The van der Waals surface area contributed by atoms with Crippen molar-refractivity contribution in [2.75, 3.05) is 0 Å². The van der Waals surface area contributed by atoms with Crippen LogP contribution in [-0.2, 0) is 7.05 Å². The molecule has 27 nitrogen and oxygen atoms in total. The first-order valence-corrected chi connectivity index (χ1v) is 50.0. The van der Waals surface area contributed by atoms with Crippen molar-refractivity contribution in [3.05, 3.63) is 444 Å². The number of carbonyl (C=O) groups excluding carboxylic acids is 7. The maximum atomic E-state index is 12.8. The van der Waals surface area contributed by atoms with Crippen molar-refractivity contribution < 1.29 is 33.6 Å². The number of ketones is 7. The Morgan fingerprint density at radius 3 is 0.986 bits per heavy atom. The molecule has 16 N–H and O–H groups in total. The Bertz CT molecular complexity index is 7290. The number of carbonyl (C=O) groups is 7. The van der Waals surface area contributed by atoms with E-state index in [1.165, 1.54) is 11.3 Å². The number of imidazole rings is 1. The Morgan fingerprint density at radius 1 is 0.289 bits per heavy atom. The summed E-state index contributed by atoms with van der Waals surface area (Å²) in [6.07, 6.45) is 12.3. The fourth-order valence-electron chi connectivity index (χ4n) is 19.6. The first-order valence-electron chi connectivity index (χ1n) is 44.5. The number of aromatic nitrogens is 6. The molecule has 7 aromatic carbocycles. The van der Waals surface area contributed by atoms with Gasteiger partial charge in [0.15, 0.2) is 76.3 Å². The van der Waals surface area contributed by atoms with Gasteiger partial charge in [-0.25, -0.2) is 9.97 Å². The van der Waals surface area contributed by atoms with Gasteiger partial charge < -0.3 is 89.0 Å². The zero-order valence-corrected chi connectivity index (χ0v) is 82.1. The number of thiazole rings is 1. The SMILES string of the molecule is Cn1cccc1C1NC(=S)NC2=C1C(=O)c1ccccc12.O=C1C2=C(NC(=S)NC2c2ccc[nH]2)c2ccccc21.O=C1C2=C(NC(=S)NC2c2cccnc2)c2ccccc21.O=C1C2=C(NC(=S)NC2c2cccs2)c2ccccc21.O=C1C2=C(NC(=S)NC2c2ccsc2)c2ccccc21.O=C1C2=C(NC(=S)NC2c2cnc[nH]2)c2ccccc21.O=C1C2=C(NC(=S)NC2c2nccs2)c2ccccc21. The van der Waals surface area contributed by atoms with Crippen LogP contribution in [0.25, 0.3) is 39.9 Å². The molecule has 14 heterocycles. The number of benzene rings is 7. The molecule has 28 rings (SSSR count). The first kappa shape index (κ1) is 91.3. The second-order valence-electron chi connectivity index (χ2n) is 33.8. The first-order chi connectivity index (χ1) is 69.2. The van der Waals surface area contributed by atoms with Gasteiger partial charge in [0.1, 0.15) is 17.1 Å². The summed E-state index contributed by atoms with van der Waals surface area (Å²) >= 11 is 41.7. The van der Waals surface area contributed by atoms with Crippen molar-refractivity contribution in [1.82, 2.24) is 104 Å². The molecule has 0 spiro atoms. The van der Waals surface area contributed by atoms with Crippen molar-refractivity contribution in [2.24, 2.45) is 7.05 Å². The molecule has 0 amide bonds. The van der Waals surface area contributed by atoms with E-state index in [-0.39, 0.29) is 82.8 Å². The maximum Gasteiger partial charge on any atom is 0.194 e. The van der Waals surface area contributed by atoms with Gasteiger partial charge in [-0.05, 0) is 155 Å². The molecule has 37 heteroatoms. The van der Waals surface area contributed by atoms with E-state index in [0.717, 1.165) is 173 Å². The molecule has 7 atom stereocenters. The van der Waals surface area contributed by atoms with Crippen molar-refractivity contribution in [2.45, 2.75) is 42.3 Å². The van der Waals surface area contributed by atoms with E-state index < -0.39 is 0 Å². The zero-order valence-electron chi connectivity index (χ0n) is 74.0. The van der Waals surface area contributed by atoms with Crippen molar-refractivity contribution in [3.63, 3.8) is 0 Å². The number of fused-ring (bicyclic) bond motifs is 14. The standard InChI is InChI=1S/C16H13N3OS.C16H11N3OS.C15H11N3OS.2C15H10N2OS2.C14H10N4OS.C14H9N3OS2/c1-19-8-4-7-11(19)14-12-13(17-16(21)18-14)9-5-2-3-6-10(9)15(12)20;20-15-11-6-2-1-5-10(11)14-12(15)13(18-16(21)19-14)9-4-3-7-17-8-9;19-14-9-5-2-1-4-8(9)12-11(14)13(18-15(20)17-12)10-6-3-7-16-10;18-14-9-5-2-1-4-8(9)12-11(14)13(17-15(19)16-12)10-6-3-7-20-10;18-14-10-4-2-1-3-9(10)13-11(14)12(16-15(19)17-13)8-5-6-20-7-8;19-13-8-4-2-1-3-7(8)11-10(13)12(18-14(20)17-11)9-5-15-6-16-9;18-12-8-4-2-1-3-7(8)10-9(12)11(17-14(19)16-10)13-15-5-6-20-13/h2-8,14H,1H3,(H2,17,18,21);1-8,13H,(H2,18,19,21);1-7,13,16H,(H2,17,18,20);1-7,13H,(H2,16,17,19);1-7,12H,(H2,16,17,19);1-6,12H,(H,15,16)(H2,17,18,20);1-6,11H,(H2,16,17,19). The number of hydrogen-bond acceptors (Lipinski definition) is 20. The molecular formula is C105H74N20O7S10. The van der Waals surface area contributed by atoms with Gasteiger partial charge in [-0.1, -0.05) is 182 Å². The quantitative estimate of drug-likeness (QED) is 0.0659. The predicted octanol–water partition coefficient (Wildman–Crippen LogP) is 16.1. The Labute approximate surface area is 859 Å². The topological polar surface area (TPSA) is 363 Å². The summed E-state index contributed by atoms with van der Waals surface area (Å²) in [7, 11) is 1.97. The highest BCUT2D eigenvalue weighted by Crippen LogP contribution is 2.48. The fraction of sp³-hybridized carbons (Fsp3) is 0.0762. The highest BCUT2D eigenvalue weighted by atomic mass is 32.1. The molecule has 142 heavy (non-hydrogen) atoms. The van der Waals surface area contributed by atoms with Crippen LogP contribution in [0.3, 0.4) is 0 Å². The normalized spacial score (nSPS) is 20.2. The summed E-state index contributed by atoms with van der Waals surface area (Å²) in [6.45, 7) is 0. The van der Waals surface area contributed by atoms with Gasteiger partial charge in [-0.15, -0.1) is 22.7 Å². The van der Waals surface area contributed by atoms with Crippen LogP contribution >= 0.6 is 120 Å². The van der Waals surface area contributed by atoms with Crippen LogP contribution in [0.1, 0.15) is 192 Å². The lowest BCUT2D eigenvalue weighted by Crippen LogP contribution is -2.43. The molecule has 696 valence electrons. The highest BCUT2D eigenvalue weighted by molar-refractivity contribution is 7.81. The second kappa shape index (κ2) is 38.1. The van der Waals surface area contributed by atoms with Gasteiger partial charge in [0, 0.05) is 138 Å². The molecule has 7 aliphatic heterocycles. The lowest BCUT2D eigenvalue weighted by Gasteiger charge is -2.28. The van der Waals surface area contributed by atoms with E-state index in [9.17, 15) is 33.6 Å². The molecular weight excluding hydrogens is 1970 g/mol. The lowest BCUT2D eigenvalue weighted by atomic mass is 9.96. The fourth-order valence-corrected chi connectivity index (χ4v) is 23.3. The third-order valence-corrected chi connectivity index (χ3v) is 29.8. The minimum atomic E-state index is -0.291. The third kappa shape index (κ3) is 16.5. The minimum Gasteiger partial charge on any atom is -0.363 e. The molecule has 0 fully saturated rings. The van der Waals surface area contributed by atoms with Gasteiger partial charge >= 0.3 is 0 Å². The van der Waals surface area contributed by atoms with Crippen LogP contribution in [0.2, 0.25) is 0 Å². The molecule has 7 aliphatic carbocycles. The molecule has 0 radical (unpaired) electrons. The number of H-pyrrole nitrogens is 2. The van der Waals surface area contributed by atoms with Crippen LogP contribution < -0.4 is 74.4 Å². The molecule has 7 unspecified atom stereocenters. The minimum absolute atomic E-state index is 0.0256. The van der Waals surface area contributed by atoms with Crippen LogP contribution in [0, 0.1) is 0 Å². The van der Waals surface area contributed by atoms with Crippen LogP contribution in [0.4, 0.5) is 0 Å². The monoisotopic (exact) mass is 2050 g/mol. The average Bonchev–Trinajstić information content (AvgIpc) is 1.60. The molecule has 14 aliphatic rings. The summed E-state index contributed by atoms with van der Waals surface area (Å²) in [5.74, 6) is 0.380. The molecule has 14 aromatic rings. The number of thiocarbonyl (C=S) groups is 7. The van der Waals surface area contributed by atoms with E-state index in [2.05, 4.69) is 99.4 Å². The third-order valence-electron chi connectivity index (χ3n) is 25.8. The Hall–Kier alpha value is -15.8. The lowest BCUT2D eigenvalue weighted by molar-refractivity contribution is 0.102. The number of thiophene rings is 2. The molecule has 7 aromatic heterocycles. The van der Waals surface area contributed by atoms with Crippen molar-refractivity contribution >= 4 is 236 Å². The molecule has 0 saturated heterocycles. The van der Waals surface area contributed by atoms with Crippen LogP contribution in [0.15, 0.2) is 328 Å².